The SMILES string of the molecule is Cc1cn(-c2ncc(C(N)=O)c(NC3CCCC3OC(=O)CN)n2)c2c1C(=O)CC(C)(C)C2. The summed E-state index contributed by atoms with van der Waals surface area (Å²) in [5, 5.41) is 3.24. The molecule has 5 N–H and O–H groups in total. The van der Waals surface area contributed by atoms with Gasteiger partial charge in [-0.25, -0.2) is 4.98 Å². The number of rotatable bonds is 6. The molecule has 0 radical (unpaired) electrons. The summed E-state index contributed by atoms with van der Waals surface area (Å²) in [6.45, 7) is 5.83. The lowest BCUT2D eigenvalue weighted by atomic mass is 9.75. The van der Waals surface area contributed by atoms with Gasteiger partial charge in [0.25, 0.3) is 5.91 Å². The van der Waals surface area contributed by atoms with Crippen LogP contribution in [-0.2, 0) is 16.0 Å². The zero-order valence-corrected chi connectivity index (χ0v) is 19.2. The van der Waals surface area contributed by atoms with Crippen LogP contribution in [-0.4, -0.2) is 50.9 Å². The van der Waals surface area contributed by atoms with E-state index in [2.05, 4.69) is 29.1 Å². The number of nitrogens with two attached hydrogens (primary N) is 2. The number of aromatic nitrogens is 3. The molecule has 2 atom stereocenters. The van der Waals surface area contributed by atoms with Crippen molar-refractivity contribution in [3.8, 4) is 5.95 Å². The molecule has 0 aromatic carbocycles. The smallest absolute Gasteiger partial charge is 0.320 e. The van der Waals surface area contributed by atoms with Gasteiger partial charge in [-0.15, -0.1) is 0 Å². The van der Waals surface area contributed by atoms with Gasteiger partial charge >= 0.3 is 5.97 Å². The van der Waals surface area contributed by atoms with Gasteiger partial charge in [-0.05, 0) is 43.6 Å². The Morgan fingerprint density at radius 2 is 2.06 bits per heavy atom. The molecule has 2 unspecified atom stereocenters. The molecule has 10 nitrogen and oxygen atoms in total. The minimum atomic E-state index is -0.667. The highest BCUT2D eigenvalue weighted by molar-refractivity contribution is 6.00. The van der Waals surface area contributed by atoms with Crippen LogP contribution in [0.1, 0.15) is 71.5 Å². The summed E-state index contributed by atoms with van der Waals surface area (Å²) in [4.78, 5) is 45.5. The van der Waals surface area contributed by atoms with Crippen LogP contribution in [0.5, 0.6) is 0 Å². The van der Waals surface area contributed by atoms with Crippen LogP contribution < -0.4 is 16.8 Å². The average Bonchev–Trinajstić information content (AvgIpc) is 3.30. The van der Waals surface area contributed by atoms with Crippen LogP contribution in [0.15, 0.2) is 12.4 Å². The van der Waals surface area contributed by atoms with E-state index in [1.165, 1.54) is 6.20 Å². The lowest BCUT2D eigenvalue weighted by molar-refractivity contribution is -0.147. The lowest BCUT2D eigenvalue weighted by Gasteiger charge is -2.29. The number of hydrogen-bond donors (Lipinski definition) is 3. The van der Waals surface area contributed by atoms with Gasteiger partial charge in [-0.3, -0.25) is 19.0 Å². The van der Waals surface area contributed by atoms with Gasteiger partial charge in [0.1, 0.15) is 11.9 Å². The first-order chi connectivity index (χ1) is 15.6. The van der Waals surface area contributed by atoms with Gasteiger partial charge in [0.15, 0.2) is 5.78 Å². The maximum Gasteiger partial charge on any atom is 0.320 e. The zero-order valence-electron chi connectivity index (χ0n) is 19.2. The normalized spacial score (nSPS) is 21.5. The van der Waals surface area contributed by atoms with E-state index in [1.807, 2.05) is 17.7 Å². The molecule has 2 heterocycles. The van der Waals surface area contributed by atoms with E-state index in [-0.39, 0.29) is 41.3 Å². The predicted octanol–water partition coefficient (Wildman–Crippen LogP) is 1.66. The molecule has 4 rings (SSSR count). The molecule has 0 spiro atoms. The van der Waals surface area contributed by atoms with E-state index in [9.17, 15) is 14.4 Å². The van der Waals surface area contributed by atoms with Gasteiger partial charge in [-0.1, -0.05) is 13.8 Å². The molecule has 2 aromatic heterocycles. The van der Waals surface area contributed by atoms with E-state index >= 15 is 0 Å². The van der Waals surface area contributed by atoms with Gasteiger partial charge < -0.3 is 21.5 Å². The van der Waals surface area contributed by atoms with Crippen molar-refractivity contribution in [2.75, 3.05) is 11.9 Å². The first kappa shape index (κ1) is 22.9. The quantitative estimate of drug-likeness (QED) is 0.557. The molecule has 1 amide bonds. The fourth-order valence-corrected chi connectivity index (χ4v) is 4.86. The van der Waals surface area contributed by atoms with Crippen molar-refractivity contribution in [3.05, 3.63) is 34.8 Å². The minimum absolute atomic E-state index is 0.111. The monoisotopic (exact) mass is 454 g/mol. The predicted molar refractivity (Wildman–Crippen MR) is 121 cm³/mol. The zero-order chi connectivity index (χ0) is 23.9. The highest BCUT2D eigenvalue weighted by Gasteiger charge is 2.36. The average molecular weight is 455 g/mol. The summed E-state index contributed by atoms with van der Waals surface area (Å²) in [5.41, 5.74) is 13.4. The number of primary amides is 1. The largest absolute Gasteiger partial charge is 0.459 e. The summed E-state index contributed by atoms with van der Waals surface area (Å²) in [6, 6.07) is -0.234. The Balaban J connectivity index is 1.71. The van der Waals surface area contributed by atoms with E-state index in [4.69, 9.17) is 16.2 Å². The van der Waals surface area contributed by atoms with Crippen molar-refractivity contribution < 1.29 is 19.1 Å². The number of anilines is 1. The van der Waals surface area contributed by atoms with E-state index in [0.717, 1.165) is 29.7 Å². The molecule has 0 saturated heterocycles. The number of Topliss-reactive ketones (excluding diaryl/α,β-unsaturated/α-hetero) is 1. The first-order valence-corrected chi connectivity index (χ1v) is 11.2. The third-order valence-electron chi connectivity index (χ3n) is 6.34. The standard InChI is InChI=1S/C23H30N6O4/c1-12-11-29(15-7-23(2,3)8-16(30)19(12)15)22-26-10-13(20(25)32)21(28-22)27-14-5-4-6-17(14)33-18(31)9-24/h10-11,14,17H,4-9,24H2,1-3H3,(H2,25,32)(H,26,27,28). The minimum Gasteiger partial charge on any atom is -0.459 e. The second kappa shape index (κ2) is 8.58. The lowest BCUT2D eigenvalue weighted by Crippen LogP contribution is -2.35. The Morgan fingerprint density at radius 3 is 2.76 bits per heavy atom. The Labute approximate surface area is 192 Å². The van der Waals surface area contributed by atoms with Crippen LogP contribution in [0, 0.1) is 12.3 Å². The van der Waals surface area contributed by atoms with Gasteiger partial charge in [0.2, 0.25) is 5.95 Å². The van der Waals surface area contributed by atoms with Crippen molar-refractivity contribution in [3.63, 3.8) is 0 Å². The molecule has 10 heteroatoms. The molecule has 0 bridgehead atoms. The molecule has 2 aliphatic rings. The van der Waals surface area contributed by atoms with Crippen molar-refractivity contribution in [2.24, 2.45) is 16.9 Å². The van der Waals surface area contributed by atoms with Crippen LogP contribution in [0.25, 0.3) is 5.95 Å². The third-order valence-corrected chi connectivity index (χ3v) is 6.34. The summed E-state index contributed by atoms with van der Waals surface area (Å²) in [5.74, 6) is -0.422. The number of amides is 1. The van der Waals surface area contributed by atoms with Gasteiger partial charge in [-0.2, -0.15) is 4.98 Å². The van der Waals surface area contributed by atoms with Crippen molar-refractivity contribution in [1.29, 1.82) is 0 Å². The molecule has 2 aromatic rings. The van der Waals surface area contributed by atoms with Crippen molar-refractivity contribution in [2.45, 2.75) is 65.0 Å². The second-order valence-corrected chi connectivity index (χ2v) is 9.66. The van der Waals surface area contributed by atoms with Crippen LogP contribution in [0.3, 0.4) is 0 Å². The number of carbonyl (C=O) groups excluding carboxylic acids is 3. The summed E-state index contributed by atoms with van der Waals surface area (Å²) in [7, 11) is 0. The summed E-state index contributed by atoms with van der Waals surface area (Å²) < 4.78 is 7.26. The molecule has 1 saturated carbocycles. The number of ketones is 1. The third kappa shape index (κ3) is 4.47. The Hall–Kier alpha value is -3.27. The topological polar surface area (TPSA) is 155 Å². The fraction of sp³-hybridized carbons (Fsp3) is 0.522. The maximum absolute atomic E-state index is 12.8. The van der Waals surface area contributed by atoms with Gasteiger partial charge in [0, 0.05) is 30.1 Å². The molecule has 176 valence electrons. The fourth-order valence-electron chi connectivity index (χ4n) is 4.86. The number of nitrogens with one attached hydrogen (secondary N) is 1. The molecule has 1 fully saturated rings. The van der Waals surface area contributed by atoms with E-state index < -0.39 is 11.9 Å². The number of ether oxygens (including phenoxy) is 1. The maximum atomic E-state index is 12.8. The number of esters is 1. The number of aryl methyl sites for hydroxylation is 1. The number of nitrogens with zero attached hydrogens (tertiary/aromatic N) is 3. The molecule has 33 heavy (non-hydrogen) atoms. The Bertz CT molecular complexity index is 1120. The highest BCUT2D eigenvalue weighted by Crippen LogP contribution is 2.37. The number of hydrogen-bond acceptors (Lipinski definition) is 8. The summed E-state index contributed by atoms with van der Waals surface area (Å²) in [6.07, 6.45) is 6.34. The van der Waals surface area contributed by atoms with E-state index in [0.29, 0.717) is 25.2 Å². The van der Waals surface area contributed by atoms with Gasteiger partial charge in [0.05, 0.1) is 18.2 Å². The number of carbonyl (C=O) groups is 3. The van der Waals surface area contributed by atoms with Crippen LogP contribution >= 0.6 is 0 Å². The highest BCUT2D eigenvalue weighted by atomic mass is 16.5. The second-order valence-electron chi connectivity index (χ2n) is 9.66. The van der Waals surface area contributed by atoms with Crippen molar-refractivity contribution >= 4 is 23.5 Å². The molecular formula is C23H30N6O4. The summed E-state index contributed by atoms with van der Waals surface area (Å²) >= 11 is 0. The Morgan fingerprint density at radius 1 is 1.30 bits per heavy atom. The van der Waals surface area contributed by atoms with Crippen molar-refractivity contribution in [1.82, 2.24) is 14.5 Å². The molecule has 0 aliphatic heterocycles. The first-order valence-electron chi connectivity index (χ1n) is 11.2. The van der Waals surface area contributed by atoms with Crippen LogP contribution in [0.4, 0.5) is 5.82 Å². The van der Waals surface area contributed by atoms with Crippen LogP contribution in [0.2, 0.25) is 0 Å². The Kier molecular flexibility index (Phi) is 5.96. The molecular weight excluding hydrogens is 424 g/mol. The number of fused-ring (bicyclic) bond motifs is 1. The molecule has 2 aliphatic carbocycles. The van der Waals surface area contributed by atoms with E-state index in [1.54, 1.807) is 0 Å².